The maximum absolute atomic E-state index is 5.73. The predicted molar refractivity (Wildman–Crippen MR) is 78.5 cm³/mol. The first-order valence-electron chi connectivity index (χ1n) is 6.03. The van der Waals surface area contributed by atoms with Crippen molar-refractivity contribution in [1.29, 1.82) is 0 Å². The summed E-state index contributed by atoms with van der Waals surface area (Å²) in [6.07, 6.45) is 0. The number of benzene rings is 2. The Morgan fingerprint density at radius 1 is 1.11 bits per heavy atom. The Hall–Kier alpha value is -1.94. The molecule has 0 aliphatic rings. The van der Waals surface area contributed by atoms with E-state index in [-0.39, 0.29) is 0 Å². The first kappa shape index (κ1) is 12.1. The Balaban J connectivity index is 1.96. The van der Waals surface area contributed by atoms with Crippen LogP contribution in [0.25, 0.3) is 11.1 Å². The lowest BCUT2D eigenvalue weighted by Crippen LogP contribution is -1.82. The highest BCUT2D eigenvalue weighted by Crippen LogP contribution is 2.32. The van der Waals surface area contributed by atoms with Crippen molar-refractivity contribution >= 4 is 28.5 Å². The minimum absolute atomic E-state index is 0.646. The summed E-state index contributed by atoms with van der Waals surface area (Å²) in [4.78, 5) is 5.61. The molecule has 0 amide bonds. The van der Waals surface area contributed by atoms with Gasteiger partial charge in [-0.2, -0.15) is 0 Å². The molecule has 1 heterocycles. The number of oxazole rings is 1. The molecule has 0 aliphatic heterocycles. The fraction of sp³-hybridized carbons (Fsp3) is 0.133. The van der Waals surface area contributed by atoms with Crippen molar-refractivity contribution in [3.8, 4) is 0 Å². The van der Waals surface area contributed by atoms with E-state index in [1.54, 1.807) is 6.07 Å². The second kappa shape index (κ2) is 4.63. The van der Waals surface area contributed by atoms with Gasteiger partial charge in [0, 0.05) is 16.6 Å². The third-order valence-electron chi connectivity index (χ3n) is 2.92. The summed E-state index contributed by atoms with van der Waals surface area (Å²) in [5.41, 5.74) is 10.5. The summed E-state index contributed by atoms with van der Waals surface area (Å²) >= 11 is 1.54. The van der Waals surface area contributed by atoms with Crippen molar-refractivity contribution in [1.82, 2.24) is 4.98 Å². The maximum Gasteiger partial charge on any atom is 0.261 e. The monoisotopic (exact) mass is 270 g/mol. The Morgan fingerprint density at radius 3 is 2.74 bits per heavy atom. The van der Waals surface area contributed by atoms with Gasteiger partial charge in [-0.25, -0.2) is 4.98 Å². The third-order valence-corrected chi connectivity index (χ3v) is 3.95. The van der Waals surface area contributed by atoms with Crippen LogP contribution in [0.4, 0.5) is 5.69 Å². The van der Waals surface area contributed by atoms with E-state index in [0.29, 0.717) is 10.9 Å². The highest BCUT2D eigenvalue weighted by atomic mass is 32.2. The van der Waals surface area contributed by atoms with Gasteiger partial charge in [0.05, 0.1) is 0 Å². The normalized spacial score (nSPS) is 11.1. The van der Waals surface area contributed by atoms with Crippen LogP contribution in [0.5, 0.6) is 0 Å². The summed E-state index contributed by atoms with van der Waals surface area (Å²) in [5.74, 6) is 0. The van der Waals surface area contributed by atoms with Gasteiger partial charge >= 0.3 is 0 Å². The van der Waals surface area contributed by atoms with Gasteiger partial charge in [0.15, 0.2) is 5.58 Å². The smallest absolute Gasteiger partial charge is 0.261 e. The van der Waals surface area contributed by atoms with Gasteiger partial charge in [-0.15, -0.1) is 0 Å². The Bertz CT molecular complexity index is 749. The van der Waals surface area contributed by atoms with E-state index >= 15 is 0 Å². The zero-order valence-corrected chi connectivity index (χ0v) is 11.6. The Kier molecular flexibility index (Phi) is 2.95. The molecule has 0 aliphatic carbocycles. The van der Waals surface area contributed by atoms with Crippen molar-refractivity contribution in [3.05, 3.63) is 47.5 Å². The molecular weight excluding hydrogens is 256 g/mol. The molecule has 19 heavy (non-hydrogen) atoms. The minimum atomic E-state index is 0.646. The van der Waals surface area contributed by atoms with E-state index < -0.39 is 0 Å². The number of aromatic nitrogens is 1. The molecule has 0 radical (unpaired) electrons. The van der Waals surface area contributed by atoms with Gasteiger partial charge in [-0.3, -0.25) is 0 Å². The summed E-state index contributed by atoms with van der Waals surface area (Å²) < 4.78 is 5.71. The van der Waals surface area contributed by atoms with Crippen molar-refractivity contribution in [2.75, 3.05) is 5.73 Å². The molecule has 0 atom stereocenters. The summed E-state index contributed by atoms with van der Waals surface area (Å²) in [6, 6.07) is 11.8. The lowest BCUT2D eigenvalue weighted by atomic mass is 10.2. The summed E-state index contributed by atoms with van der Waals surface area (Å²) in [5, 5.41) is 0.646. The fourth-order valence-electron chi connectivity index (χ4n) is 1.97. The molecule has 0 fully saturated rings. The van der Waals surface area contributed by atoms with Crippen LogP contribution in [0, 0.1) is 13.8 Å². The molecule has 2 aromatic carbocycles. The number of aryl methyl sites for hydroxylation is 2. The summed E-state index contributed by atoms with van der Waals surface area (Å²) in [7, 11) is 0. The highest BCUT2D eigenvalue weighted by molar-refractivity contribution is 7.99. The van der Waals surface area contributed by atoms with Gasteiger partial charge in [-0.05, 0) is 49.4 Å². The molecule has 0 saturated carbocycles. The van der Waals surface area contributed by atoms with Crippen LogP contribution >= 0.6 is 11.8 Å². The van der Waals surface area contributed by atoms with Crippen molar-refractivity contribution in [3.63, 3.8) is 0 Å². The fourth-order valence-corrected chi connectivity index (χ4v) is 2.79. The average molecular weight is 270 g/mol. The lowest BCUT2D eigenvalue weighted by Gasteiger charge is -2.03. The molecule has 96 valence electrons. The molecule has 1 aromatic heterocycles. The zero-order valence-electron chi connectivity index (χ0n) is 10.8. The van der Waals surface area contributed by atoms with E-state index in [1.165, 1.54) is 22.9 Å². The van der Waals surface area contributed by atoms with E-state index in [0.717, 1.165) is 16.0 Å². The van der Waals surface area contributed by atoms with E-state index in [9.17, 15) is 0 Å². The standard InChI is InChI=1S/C15H14N2OS/c1-9-3-6-14(10(2)7-9)19-15-17-12-5-4-11(16)8-13(12)18-15/h3-8H,16H2,1-2H3. The van der Waals surface area contributed by atoms with E-state index in [4.69, 9.17) is 10.2 Å². The SMILES string of the molecule is Cc1ccc(Sc2nc3ccc(N)cc3o2)c(C)c1. The number of nitrogens with zero attached hydrogens (tertiary/aromatic N) is 1. The van der Waals surface area contributed by atoms with Gasteiger partial charge in [0.2, 0.25) is 0 Å². The second-order valence-electron chi connectivity index (χ2n) is 4.58. The third kappa shape index (κ3) is 2.44. The van der Waals surface area contributed by atoms with E-state index in [1.807, 2.05) is 12.1 Å². The van der Waals surface area contributed by atoms with Crippen LogP contribution in [0.2, 0.25) is 0 Å². The molecule has 3 nitrogen and oxygen atoms in total. The van der Waals surface area contributed by atoms with Crippen molar-refractivity contribution in [2.45, 2.75) is 24.0 Å². The molecule has 2 N–H and O–H groups in total. The number of anilines is 1. The minimum Gasteiger partial charge on any atom is -0.431 e. The molecule has 3 rings (SSSR count). The van der Waals surface area contributed by atoms with Crippen LogP contribution in [-0.2, 0) is 0 Å². The van der Waals surface area contributed by atoms with Gasteiger partial charge in [-0.1, -0.05) is 17.7 Å². The van der Waals surface area contributed by atoms with Crippen molar-refractivity contribution in [2.24, 2.45) is 0 Å². The van der Waals surface area contributed by atoms with Gasteiger partial charge in [0.1, 0.15) is 5.52 Å². The molecule has 3 aromatic rings. The largest absolute Gasteiger partial charge is 0.431 e. The Labute approximate surface area is 115 Å². The van der Waals surface area contributed by atoms with Gasteiger partial charge in [0.25, 0.3) is 5.22 Å². The number of nitrogen functional groups attached to an aromatic ring is 1. The number of fused-ring (bicyclic) bond motifs is 1. The van der Waals surface area contributed by atoms with Gasteiger partial charge < -0.3 is 10.2 Å². The first-order chi connectivity index (χ1) is 9.11. The van der Waals surface area contributed by atoms with Crippen LogP contribution in [0.1, 0.15) is 11.1 Å². The quantitative estimate of drug-likeness (QED) is 0.710. The number of hydrogen-bond acceptors (Lipinski definition) is 4. The van der Waals surface area contributed by atoms with Crippen LogP contribution < -0.4 is 5.73 Å². The van der Waals surface area contributed by atoms with Crippen LogP contribution in [-0.4, -0.2) is 4.98 Å². The molecule has 0 bridgehead atoms. The van der Waals surface area contributed by atoms with Crippen molar-refractivity contribution < 1.29 is 4.42 Å². The Morgan fingerprint density at radius 2 is 1.95 bits per heavy atom. The van der Waals surface area contributed by atoms with Crippen LogP contribution in [0.15, 0.2) is 50.9 Å². The molecule has 0 saturated heterocycles. The lowest BCUT2D eigenvalue weighted by molar-refractivity contribution is 0.489. The molecule has 0 unspecified atom stereocenters. The predicted octanol–water partition coefficient (Wildman–Crippen LogP) is 4.18. The first-order valence-corrected chi connectivity index (χ1v) is 6.84. The number of nitrogens with two attached hydrogens (primary N) is 1. The average Bonchev–Trinajstić information content (AvgIpc) is 2.74. The molecular formula is C15H14N2OS. The summed E-state index contributed by atoms with van der Waals surface area (Å²) in [6.45, 7) is 4.18. The van der Waals surface area contributed by atoms with E-state index in [2.05, 4.69) is 37.0 Å². The topological polar surface area (TPSA) is 52.0 Å². The molecule has 0 spiro atoms. The maximum atomic E-state index is 5.73. The number of rotatable bonds is 2. The molecule has 4 heteroatoms. The number of hydrogen-bond donors (Lipinski definition) is 1. The zero-order chi connectivity index (χ0) is 13.4. The van der Waals surface area contributed by atoms with Crippen LogP contribution in [0.3, 0.4) is 0 Å². The second-order valence-corrected chi connectivity index (χ2v) is 5.57. The highest BCUT2D eigenvalue weighted by Gasteiger charge is 2.09.